The predicted molar refractivity (Wildman–Crippen MR) is 56.2 cm³/mol. The Balaban J connectivity index is 2.01. The standard InChI is InChI=1S/C10H11F3N4O2/c1-16(6-2-3-6)8(18)5-17-4-7(14-15-17)9(19)10(11,12)13/h4,6H,2-3,5H2,1H3. The van der Waals surface area contributed by atoms with Gasteiger partial charge in [0.15, 0.2) is 5.69 Å². The molecular weight excluding hydrogens is 265 g/mol. The Morgan fingerprint density at radius 1 is 1.47 bits per heavy atom. The van der Waals surface area contributed by atoms with Gasteiger partial charge in [-0.05, 0) is 12.8 Å². The Kier molecular flexibility index (Phi) is 3.29. The normalized spacial score (nSPS) is 15.4. The van der Waals surface area contributed by atoms with Crippen molar-refractivity contribution in [2.45, 2.75) is 31.6 Å². The van der Waals surface area contributed by atoms with Crippen molar-refractivity contribution in [2.75, 3.05) is 7.05 Å². The number of carbonyl (C=O) groups excluding carboxylic acids is 2. The van der Waals surface area contributed by atoms with E-state index >= 15 is 0 Å². The van der Waals surface area contributed by atoms with Crippen LogP contribution in [0.2, 0.25) is 0 Å². The van der Waals surface area contributed by atoms with E-state index in [-0.39, 0.29) is 18.5 Å². The average molecular weight is 276 g/mol. The molecule has 1 amide bonds. The van der Waals surface area contributed by atoms with Gasteiger partial charge in [-0.25, -0.2) is 4.68 Å². The number of carbonyl (C=O) groups is 2. The third-order valence-electron chi connectivity index (χ3n) is 2.81. The highest BCUT2D eigenvalue weighted by Crippen LogP contribution is 2.25. The molecule has 0 atom stereocenters. The summed E-state index contributed by atoms with van der Waals surface area (Å²) in [6.07, 6.45) is -2.31. The molecule has 0 bridgehead atoms. The molecule has 2 rings (SSSR count). The molecule has 1 aliphatic rings. The molecule has 1 heterocycles. The molecule has 1 saturated carbocycles. The number of ketones is 1. The molecule has 0 radical (unpaired) electrons. The number of likely N-dealkylation sites (N-methyl/N-ethyl adjacent to an activating group) is 1. The molecule has 0 N–H and O–H groups in total. The topological polar surface area (TPSA) is 68.1 Å². The maximum Gasteiger partial charge on any atom is 0.456 e. The van der Waals surface area contributed by atoms with Crippen molar-refractivity contribution >= 4 is 11.7 Å². The maximum atomic E-state index is 12.1. The van der Waals surface area contributed by atoms with Crippen LogP contribution < -0.4 is 0 Å². The molecule has 0 aromatic carbocycles. The summed E-state index contributed by atoms with van der Waals surface area (Å²) in [5.74, 6) is -2.35. The van der Waals surface area contributed by atoms with Crippen LogP contribution in [0.4, 0.5) is 13.2 Å². The first-order chi connectivity index (χ1) is 8.79. The lowest BCUT2D eigenvalue weighted by atomic mass is 10.3. The zero-order chi connectivity index (χ0) is 14.2. The van der Waals surface area contributed by atoms with Gasteiger partial charge in [0.25, 0.3) is 5.78 Å². The quantitative estimate of drug-likeness (QED) is 0.757. The van der Waals surface area contributed by atoms with E-state index in [0.29, 0.717) is 0 Å². The zero-order valence-corrected chi connectivity index (χ0v) is 10.0. The van der Waals surface area contributed by atoms with E-state index in [9.17, 15) is 22.8 Å². The summed E-state index contributed by atoms with van der Waals surface area (Å²) in [5, 5.41) is 6.48. The number of hydrogen-bond acceptors (Lipinski definition) is 4. The summed E-state index contributed by atoms with van der Waals surface area (Å²) in [5.41, 5.74) is -0.811. The van der Waals surface area contributed by atoms with Crippen molar-refractivity contribution in [1.29, 1.82) is 0 Å². The molecule has 0 saturated heterocycles. The molecule has 19 heavy (non-hydrogen) atoms. The summed E-state index contributed by atoms with van der Waals surface area (Å²) >= 11 is 0. The molecule has 1 aromatic heterocycles. The second-order valence-corrected chi connectivity index (χ2v) is 4.36. The van der Waals surface area contributed by atoms with E-state index in [0.717, 1.165) is 23.7 Å². The highest BCUT2D eigenvalue weighted by Gasteiger charge is 2.41. The molecule has 0 unspecified atom stereocenters. The summed E-state index contributed by atoms with van der Waals surface area (Å²) in [4.78, 5) is 24.1. The number of aromatic nitrogens is 3. The van der Waals surface area contributed by atoms with Gasteiger partial charge in [0.2, 0.25) is 5.91 Å². The van der Waals surface area contributed by atoms with Crippen LogP contribution in [0.25, 0.3) is 0 Å². The van der Waals surface area contributed by atoms with Crippen molar-refractivity contribution < 1.29 is 22.8 Å². The summed E-state index contributed by atoms with van der Waals surface area (Å²) in [6, 6.07) is 0.201. The highest BCUT2D eigenvalue weighted by atomic mass is 19.4. The number of nitrogens with zero attached hydrogens (tertiary/aromatic N) is 4. The molecular formula is C10H11F3N4O2. The summed E-state index contributed by atoms with van der Waals surface area (Å²) in [6.45, 7) is -0.231. The maximum absolute atomic E-state index is 12.1. The van der Waals surface area contributed by atoms with Gasteiger partial charge in [-0.3, -0.25) is 9.59 Å². The first-order valence-corrected chi connectivity index (χ1v) is 5.56. The molecule has 6 nitrogen and oxygen atoms in total. The minimum Gasteiger partial charge on any atom is -0.341 e. The first-order valence-electron chi connectivity index (χ1n) is 5.56. The van der Waals surface area contributed by atoms with E-state index in [1.807, 2.05) is 0 Å². The monoisotopic (exact) mass is 276 g/mol. The fourth-order valence-corrected chi connectivity index (χ4v) is 1.54. The number of rotatable bonds is 4. The van der Waals surface area contributed by atoms with Crippen LogP contribution in [-0.4, -0.2) is 50.9 Å². The minimum atomic E-state index is -4.99. The van der Waals surface area contributed by atoms with Crippen LogP contribution in [0.3, 0.4) is 0 Å². The third-order valence-corrected chi connectivity index (χ3v) is 2.81. The van der Waals surface area contributed by atoms with Crippen LogP contribution in [0.15, 0.2) is 6.20 Å². The lowest BCUT2D eigenvalue weighted by molar-refractivity contribution is -0.131. The predicted octanol–water partition coefficient (Wildman–Crippen LogP) is 0.644. The van der Waals surface area contributed by atoms with Crippen molar-refractivity contribution in [2.24, 2.45) is 0 Å². The summed E-state index contributed by atoms with van der Waals surface area (Å²) < 4.78 is 37.4. The molecule has 104 valence electrons. The smallest absolute Gasteiger partial charge is 0.341 e. The van der Waals surface area contributed by atoms with Crippen LogP contribution >= 0.6 is 0 Å². The van der Waals surface area contributed by atoms with E-state index in [2.05, 4.69) is 10.3 Å². The summed E-state index contributed by atoms with van der Waals surface area (Å²) in [7, 11) is 1.62. The number of Topliss-reactive ketones (excluding diaryl/α,β-unsaturated/α-hetero) is 1. The van der Waals surface area contributed by atoms with E-state index in [4.69, 9.17) is 0 Å². The SMILES string of the molecule is CN(C(=O)Cn1cc(C(=O)C(F)(F)F)nn1)C1CC1. The second-order valence-electron chi connectivity index (χ2n) is 4.36. The van der Waals surface area contributed by atoms with Gasteiger partial charge in [0.05, 0.1) is 6.20 Å². The molecule has 9 heteroatoms. The third kappa shape index (κ3) is 3.09. The minimum absolute atomic E-state index is 0.201. The van der Waals surface area contributed by atoms with Gasteiger partial charge in [0.1, 0.15) is 6.54 Å². The molecule has 1 fully saturated rings. The van der Waals surface area contributed by atoms with Gasteiger partial charge in [-0.15, -0.1) is 5.10 Å². The molecule has 1 aliphatic carbocycles. The van der Waals surface area contributed by atoms with Gasteiger partial charge < -0.3 is 4.90 Å². The average Bonchev–Trinajstić information content (AvgIpc) is 3.07. The van der Waals surface area contributed by atoms with Crippen LogP contribution in [0.5, 0.6) is 0 Å². The van der Waals surface area contributed by atoms with Gasteiger partial charge in [-0.2, -0.15) is 13.2 Å². The largest absolute Gasteiger partial charge is 0.456 e. The Morgan fingerprint density at radius 3 is 2.63 bits per heavy atom. The Bertz CT molecular complexity index is 507. The van der Waals surface area contributed by atoms with Crippen molar-refractivity contribution in [1.82, 2.24) is 19.9 Å². The van der Waals surface area contributed by atoms with Crippen LogP contribution in [0, 0.1) is 0 Å². The van der Waals surface area contributed by atoms with Crippen molar-refractivity contribution in [3.8, 4) is 0 Å². The van der Waals surface area contributed by atoms with E-state index < -0.39 is 17.7 Å². The molecule has 0 aliphatic heterocycles. The Hall–Kier alpha value is -1.93. The zero-order valence-electron chi connectivity index (χ0n) is 10.0. The number of halogens is 3. The van der Waals surface area contributed by atoms with Crippen LogP contribution in [-0.2, 0) is 11.3 Å². The fourth-order valence-electron chi connectivity index (χ4n) is 1.54. The number of amides is 1. The second kappa shape index (κ2) is 4.63. The van der Waals surface area contributed by atoms with Gasteiger partial charge in [0, 0.05) is 13.1 Å². The van der Waals surface area contributed by atoms with Gasteiger partial charge in [-0.1, -0.05) is 5.21 Å². The number of alkyl halides is 3. The van der Waals surface area contributed by atoms with Crippen molar-refractivity contribution in [3.05, 3.63) is 11.9 Å². The Labute approximate surface area is 106 Å². The lowest BCUT2D eigenvalue weighted by Crippen LogP contribution is -2.32. The lowest BCUT2D eigenvalue weighted by Gasteiger charge is -2.15. The van der Waals surface area contributed by atoms with E-state index in [1.54, 1.807) is 7.05 Å². The molecule has 1 aromatic rings. The number of hydrogen-bond donors (Lipinski definition) is 0. The Morgan fingerprint density at radius 2 is 2.11 bits per heavy atom. The highest BCUT2D eigenvalue weighted by molar-refractivity contribution is 5.98. The van der Waals surface area contributed by atoms with E-state index in [1.165, 1.54) is 4.90 Å². The van der Waals surface area contributed by atoms with Gasteiger partial charge >= 0.3 is 6.18 Å². The van der Waals surface area contributed by atoms with Crippen molar-refractivity contribution in [3.63, 3.8) is 0 Å². The van der Waals surface area contributed by atoms with Crippen LogP contribution in [0.1, 0.15) is 23.3 Å². The molecule has 0 spiro atoms. The fraction of sp³-hybridized carbons (Fsp3) is 0.600. The first kappa shape index (κ1) is 13.5.